The zero-order chi connectivity index (χ0) is 13.7. The minimum absolute atomic E-state index is 0.290. The van der Waals surface area contributed by atoms with E-state index >= 15 is 0 Å². The van der Waals surface area contributed by atoms with E-state index in [-0.39, 0.29) is 24.4 Å². The van der Waals surface area contributed by atoms with Crippen LogP contribution in [0, 0.1) is 0 Å². The van der Waals surface area contributed by atoms with Crippen LogP contribution in [0.1, 0.15) is 34.6 Å². The average molecular weight is 298 g/mol. The van der Waals surface area contributed by atoms with Crippen LogP contribution >= 0.6 is 15.2 Å². The maximum atomic E-state index is 12.6. The summed E-state index contributed by atoms with van der Waals surface area (Å²) in [6.45, 7) is 8.63. The molecule has 8 heteroatoms. The van der Waals surface area contributed by atoms with Gasteiger partial charge in [0, 0.05) is 0 Å². The fraction of sp³-hybridized carbons (Fsp3) is 1.00. The molecule has 106 valence electrons. The van der Waals surface area contributed by atoms with Crippen molar-refractivity contribution < 1.29 is 27.2 Å². The van der Waals surface area contributed by atoms with E-state index in [1.807, 2.05) is 0 Å². The van der Waals surface area contributed by atoms with Crippen LogP contribution < -0.4 is 0 Å². The van der Waals surface area contributed by atoms with Gasteiger partial charge in [-0.05, 0) is 34.6 Å². The van der Waals surface area contributed by atoms with Crippen LogP contribution in [0.3, 0.4) is 0 Å². The molecule has 0 aromatic carbocycles. The van der Waals surface area contributed by atoms with Crippen LogP contribution in [0.15, 0.2) is 0 Å². The van der Waals surface area contributed by atoms with Crippen LogP contribution in [0.25, 0.3) is 0 Å². The summed E-state index contributed by atoms with van der Waals surface area (Å²) in [7, 11) is -6.91. The first-order valence-corrected chi connectivity index (χ1v) is 9.33. The molecular formula is C10H20O6P2. The van der Waals surface area contributed by atoms with Crippen LogP contribution in [-0.2, 0) is 27.2 Å². The van der Waals surface area contributed by atoms with Gasteiger partial charge in [-0.2, -0.15) is 0 Å². The van der Waals surface area contributed by atoms with Crippen molar-refractivity contribution in [3.63, 3.8) is 0 Å². The molecule has 0 radical (unpaired) electrons. The van der Waals surface area contributed by atoms with Gasteiger partial charge in [0.05, 0.1) is 24.4 Å². The molecule has 0 amide bonds. The van der Waals surface area contributed by atoms with Crippen molar-refractivity contribution >= 4 is 15.2 Å². The molecule has 0 aliphatic carbocycles. The van der Waals surface area contributed by atoms with Crippen molar-refractivity contribution in [2.45, 2.75) is 64.4 Å². The molecule has 0 bridgehead atoms. The SMILES string of the molecule is CC1OP(=O)(C(C)P2(=O)OC(C)C(C)O2)OC1C. The Morgan fingerprint density at radius 3 is 1.17 bits per heavy atom. The van der Waals surface area contributed by atoms with Gasteiger partial charge in [0.1, 0.15) is 0 Å². The lowest BCUT2D eigenvalue weighted by Gasteiger charge is -2.22. The van der Waals surface area contributed by atoms with E-state index in [1.54, 1.807) is 27.7 Å². The van der Waals surface area contributed by atoms with Gasteiger partial charge in [0.25, 0.3) is 0 Å². The Hall–Kier alpha value is 0.300. The minimum atomic E-state index is -3.45. The lowest BCUT2D eigenvalue weighted by molar-refractivity contribution is 0.187. The molecule has 2 aliphatic rings. The largest absolute Gasteiger partial charge is 0.346 e. The average Bonchev–Trinajstić information content (AvgIpc) is 2.66. The summed E-state index contributed by atoms with van der Waals surface area (Å²) in [6, 6.07) is 0. The van der Waals surface area contributed by atoms with Crippen molar-refractivity contribution in [1.29, 1.82) is 0 Å². The molecule has 6 nitrogen and oxygen atoms in total. The van der Waals surface area contributed by atoms with Crippen LogP contribution in [0.5, 0.6) is 0 Å². The maximum absolute atomic E-state index is 12.6. The van der Waals surface area contributed by atoms with Gasteiger partial charge < -0.3 is 18.1 Å². The van der Waals surface area contributed by atoms with E-state index < -0.39 is 20.6 Å². The molecule has 0 aromatic heterocycles. The molecule has 2 fully saturated rings. The third kappa shape index (κ3) is 2.35. The van der Waals surface area contributed by atoms with Crippen LogP contribution in [-0.4, -0.2) is 29.8 Å². The van der Waals surface area contributed by atoms with Crippen molar-refractivity contribution in [3.8, 4) is 0 Å². The van der Waals surface area contributed by atoms with Gasteiger partial charge in [0.2, 0.25) is 0 Å². The summed E-state index contributed by atoms with van der Waals surface area (Å²) in [4.78, 5) is 0. The molecule has 2 rings (SSSR count). The first-order chi connectivity index (χ1) is 8.18. The van der Waals surface area contributed by atoms with E-state index in [2.05, 4.69) is 0 Å². The van der Waals surface area contributed by atoms with Gasteiger partial charge in [0.15, 0.2) is 5.40 Å². The zero-order valence-electron chi connectivity index (χ0n) is 11.2. The molecule has 4 atom stereocenters. The molecular weight excluding hydrogens is 278 g/mol. The second-order valence-electron chi connectivity index (χ2n) is 4.95. The van der Waals surface area contributed by atoms with Crippen LogP contribution in [0.2, 0.25) is 0 Å². The highest BCUT2D eigenvalue weighted by Gasteiger charge is 2.57. The highest BCUT2D eigenvalue weighted by molar-refractivity contribution is 7.72. The third-order valence-corrected chi connectivity index (χ3v) is 9.52. The van der Waals surface area contributed by atoms with E-state index in [0.29, 0.717) is 0 Å². The van der Waals surface area contributed by atoms with Crippen molar-refractivity contribution in [2.75, 3.05) is 0 Å². The first-order valence-electron chi connectivity index (χ1n) is 6.11. The molecule has 0 N–H and O–H groups in total. The van der Waals surface area contributed by atoms with Crippen molar-refractivity contribution in [1.82, 2.24) is 0 Å². The first kappa shape index (κ1) is 14.7. The minimum Gasteiger partial charge on any atom is -0.302 e. The van der Waals surface area contributed by atoms with Gasteiger partial charge >= 0.3 is 15.2 Å². The Bertz CT molecular complexity index is 359. The second-order valence-corrected chi connectivity index (χ2v) is 9.91. The Morgan fingerprint density at radius 1 is 0.722 bits per heavy atom. The standard InChI is InChI=1S/C10H20O6P2/c1-6-7(2)14-17(11,13-6)10(5)18(12)15-8(3)9(4)16-18/h6-10H,1-5H3. The summed E-state index contributed by atoms with van der Waals surface area (Å²) in [5.74, 6) is 0. The Kier molecular flexibility index (Phi) is 3.83. The Labute approximate surface area is 107 Å². The summed E-state index contributed by atoms with van der Waals surface area (Å²) < 4.78 is 46.6. The highest BCUT2D eigenvalue weighted by atomic mass is 31.2. The molecule has 2 saturated heterocycles. The summed E-state index contributed by atoms with van der Waals surface area (Å²) in [5, 5.41) is -0.898. The van der Waals surface area contributed by atoms with Crippen molar-refractivity contribution in [3.05, 3.63) is 0 Å². The molecule has 0 saturated carbocycles. The topological polar surface area (TPSA) is 71.1 Å². The Morgan fingerprint density at radius 2 is 0.944 bits per heavy atom. The molecule has 2 heterocycles. The lowest BCUT2D eigenvalue weighted by Crippen LogP contribution is -2.13. The number of hydrogen-bond acceptors (Lipinski definition) is 6. The fourth-order valence-corrected chi connectivity index (χ4v) is 7.23. The van der Waals surface area contributed by atoms with Crippen molar-refractivity contribution in [2.24, 2.45) is 0 Å². The van der Waals surface area contributed by atoms with Gasteiger partial charge in [-0.1, -0.05) is 0 Å². The maximum Gasteiger partial charge on any atom is 0.346 e. The van der Waals surface area contributed by atoms with E-state index in [1.165, 1.54) is 6.92 Å². The summed E-state index contributed by atoms with van der Waals surface area (Å²) in [5.41, 5.74) is 0. The molecule has 0 aromatic rings. The molecule has 4 unspecified atom stereocenters. The predicted molar refractivity (Wildman–Crippen MR) is 66.9 cm³/mol. The number of hydrogen-bond donors (Lipinski definition) is 0. The van der Waals surface area contributed by atoms with E-state index in [4.69, 9.17) is 18.1 Å². The normalized spacial score (nSPS) is 54.7. The quantitative estimate of drug-likeness (QED) is 0.728. The third-order valence-electron chi connectivity index (χ3n) is 3.49. The smallest absolute Gasteiger partial charge is 0.302 e. The van der Waals surface area contributed by atoms with Crippen LogP contribution in [0.4, 0.5) is 0 Å². The number of rotatable bonds is 2. The van der Waals surface area contributed by atoms with E-state index in [9.17, 15) is 9.13 Å². The fourth-order valence-electron chi connectivity index (χ4n) is 1.85. The van der Waals surface area contributed by atoms with Gasteiger partial charge in [-0.3, -0.25) is 9.13 Å². The summed E-state index contributed by atoms with van der Waals surface area (Å²) >= 11 is 0. The molecule has 0 spiro atoms. The summed E-state index contributed by atoms with van der Waals surface area (Å²) in [6.07, 6.45) is -1.16. The monoisotopic (exact) mass is 298 g/mol. The molecule has 2 aliphatic heterocycles. The predicted octanol–water partition coefficient (Wildman–Crippen LogP) is 3.37. The zero-order valence-corrected chi connectivity index (χ0v) is 13.0. The molecule has 18 heavy (non-hydrogen) atoms. The van der Waals surface area contributed by atoms with E-state index in [0.717, 1.165) is 0 Å². The highest BCUT2D eigenvalue weighted by Crippen LogP contribution is 2.75. The van der Waals surface area contributed by atoms with Gasteiger partial charge in [-0.25, -0.2) is 0 Å². The van der Waals surface area contributed by atoms with Gasteiger partial charge in [-0.15, -0.1) is 0 Å². The lowest BCUT2D eigenvalue weighted by atomic mass is 10.3. The second kappa shape index (κ2) is 4.69. The Balaban J connectivity index is 2.20.